The lowest BCUT2D eigenvalue weighted by atomic mass is 10.1. The van der Waals surface area contributed by atoms with Crippen molar-refractivity contribution in [1.82, 2.24) is 5.32 Å². The van der Waals surface area contributed by atoms with Crippen LogP contribution >= 0.6 is 11.3 Å². The zero-order valence-corrected chi connectivity index (χ0v) is 12.1. The Bertz CT molecular complexity index is 475. The van der Waals surface area contributed by atoms with E-state index >= 15 is 0 Å². The number of hydrogen-bond donors (Lipinski definition) is 1. The minimum Gasteiger partial charge on any atom is -0.303 e. The number of thiophene rings is 1. The molecule has 0 saturated heterocycles. The number of rotatable bonds is 5. The van der Waals surface area contributed by atoms with E-state index in [1.807, 2.05) is 11.3 Å². The Morgan fingerprint density at radius 1 is 1.00 bits per heavy atom. The molecule has 0 aliphatic heterocycles. The standard InChI is InChI=1S/C16H21NS/c1-4-15-10-11-16(18-15)13(3)17-12(2)14-8-6-5-7-9-14/h5-13,17H,4H2,1-3H3/t12-,13?/m1/s1. The molecule has 2 heteroatoms. The average molecular weight is 259 g/mol. The summed E-state index contributed by atoms with van der Waals surface area (Å²) in [6.07, 6.45) is 1.13. The first-order valence-electron chi connectivity index (χ1n) is 6.60. The van der Waals surface area contributed by atoms with Crippen LogP contribution in [0.5, 0.6) is 0 Å². The van der Waals surface area contributed by atoms with Crippen LogP contribution in [-0.2, 0) is 6.42 Å². The lowest BCUT2D eigenvalue weighted by Crippen LogP contribution is -2.21. The van der Waals surface area contributed by atoms with Gasteiger partial charge in [-0.25, -0.2) is 0 Å². The lowest BCUT2D eigenvalue weighted by Gasteiger charge is -2.19. The van der Waals surface area contributed by atoms with Gasteiger partial charge in [-0.15, -0.1) is 11.3 Å². The molecule has 0 fully saturated rings. The number of hydrogen-bond acceptors (Lipinski definition) is 2. The molecule has 0 bridgehead atoms. The van der Waals surface area contributed by atoms with Crippen LogP contribution in [0.1, 0.15) is 48.2 Å². The Morgan fingerprint density at radius 2 is 1.72 bits per heavy atom. The fraction of sp³-hybridized carbons (Fsp3) is 0.375. The molecular formula is C16H21NS. The highest BCUT2D eigenvalue weighted by molar-refractivity contribution is 7.12. The van der Waals surface area contributed by atoms with Crippen LogP contribution in [0.15, 0.2) is 42.5 Å². The smallest absolute Gasteiger partial charge is 0.0391 e. The Kier molecular flexibility index (Phi) is 4.56. The molecule has 1 unspecified atom stereocenters. The van der Waals surface area contributed by atoms with Gasteiger partial charge in [0.15, 0.2) is 0 Å². The van der Waals surface area contributed by atoms with Crippen molar-refractivity contribution < 1.29 is 0 Å². The summed E-state index contributed by atoms with van der Waals surface area (Å²) in [5, 5.41) is 3.66. The summed E-state index contributed by atoms with van der Waals surface area (Å²) in [6.45, 7) is 6.67. The fourth-order valence-corrected chi connectivity index (χ4v) is 3.08. The van der Waals surface area contributed by atoms with Crippen LogP contribution in [-0.4, -0.2) is 0 Å². The molecule has 0 radical (unpaired) electrons. The first-order chi connectivity index (χ1) is 8.70. The maximum absolute atomic E-state index is 3.66. The monoisotopic (exact) mass is 259 g/mol. The van der Waals surface area contributed by atoms with E-state index in [-0.39, 0.29) is 0 Å². The zero-order valence-electron chi connectivity index (χ0n) is 11.3. The van der Waals surface area contributed by atoms with E-state index in [2.05, 4.69) is 68.6 Å². The molecule has 2 atom stereocenters. The molecule has 1 aromatic heterocycles. The van der Waals surface area contributed by atoms with Gasteiger partial charge in [-0.3, -0.25) is 0 Å². The number of nitrogens with one attached hydrogen (secondary N) is 1. The summed E-state index contributed by atoms with van der Waals surface area (Å²) < 4.78 is 0. The quantitative estimate of drug-likeness (QED) is 0.819. The Labute approximate surface area is 114 Å². The van der Waals surface area contributed by atoms with Crippen LogP contribution in [0.25, 0.3) is 0 Å². The summed E-state index contributed by atoms with van der Waals surface area (Å²) in [5.41, 5.74) is 1.34. The van der Waals surface area contributed by atoms with Gasteiger partial charge in [0.25, 0.3) is 0 Å². The highest BCUT2D eigenvalue weighted by Crippen LogP contribution is 2.25. The van der Waals surface area contributed by atoms with E-state index in [1.165, 1.54) is 15.3 Å². The van der Waals surface area contributed by atoms with Crippen LogP contribution in [0.2, 0.25) is 0 Å². The fourth-order valence-electron chi connectivity index (χ4n) is 2.11. The highest BCUT2D eigenvalue weighted by Gasteiger charge is 2.12. The summed E-state index contributed by atoms with van der Waals surface area (Å²) in [6, 6.07) is 15.9. The van der Waals surface area contributed by atoms with Crippen LogP contribution in [0, 0.1) is 0 Å². The van der Waals surface area contributed by atoms with Gasteiger partial charge in [-0.2, -0.15) is 0 Å². The Hall–Kier alpha value is -1.12. The molecule has 1 heterocycles. The Morgan fingerprint density at radius 3 is 2.33 bits per heavy atom. The van der Waals surface area contributed by atoms with Crippen molar-refractivity contribution in [3.05, 3.63) is 57.8 Å². The molecule has 0 amide bonds. The van der Waals surface area contributed by atoms with Crippen LogP contribution in [0.4, 0.5) is 0 Å². The van der Waals surface area contributed by atoms with Crippen molar-refractivity contribution in [2.75, 3.05) is 0 Å². The number of benzene rings is 1. The first-order valence-corrected chi connectivity index (χ1v) is 7.42. The topological polar surface area (TPSA) is 12.0 Å². The van der Waals surface area contributed by atoms with Crippen molar-refractivity contribution in [2.24, 2.45) is 0 Å². The van der Waals surface area contributed by atoms with E-state index in [0.29, 0.717) is 12.1 Å². The van der Waals surface area contributed by atoms with Gasteiger partial charge >= 0.3 is 0 Å². The first kappa shape index (κ1) is 13.3. The van der Waals surface area contributed by atoms with E-state index in [9.17, 15) is 0 Å². The molecule has 0 spiro atoms. The second-order valence-corrected chi connectivity index (χ2v) is 5.88. The predicted molar refractivity (Wildman–Crippen MR) is 80.1 cm³/mol. The van der Waals surface area contributed by atoms with Gasteiger partial charge in [0.2, 0.25) is 0 Å². The van der Waals surface area contributed by atoms with Crippen molar-refractivity contribution in [3.63, 3.8) is 0 Å². The second kappa shape index (κ2) is 6.17. The maximum Gasteiger partial charge on any atom is 0.0391 e. The minimum atomic E-state index is 0.383. The molecular weight excluding hydrogens is 238 g/mol. The molecule has 96 valence electrons. The molecule has 18 heavy (non-hydrogen) atoms. The molecule has 0 aliphatic rings. The SMILES string of the molecule is CCc1ccc(C(C)N[C@H](C)c2ccccc2)s1. The van der Waals surface area contributed by atoms with E-state index in [4.69, 9.17) is 0 Å². The third kappa shape index (κ3) is 3.21. The van der Waals surface area contributed by atoms with E-state index in [0.717, 1.165) is 6.42 Å². The summed E-state index contributed by atoms with van der Waals surface area (Å²) in [5.74, 6) is 0. The molecule has 2 aromatic rings. The van der Waals surface area contributed by atoms with Crippen LogP contribution in [0.3, 0.4) is 0 Å². The van der Waals surface area contributed by atoms with Gasteiger partial charge in [0.05, 0.1) is 0 Å². The summed E-state index contributed by atoms with van der Waals surface area (Å²) >= 11 is 1.92. The minimum absolute atomic E-state index is 0.383. The van der Waals surface area contributed by atoms with Crippen molar-refractivity contribution >= 4 is 11.3 Å². The molecule has 0 aliphatic carbocycles. The second-order valence-electron chi connectivity index (χ2n) is 4.68. The molecule has 2 rings (SSSR count). The molecule has 0 saturated carbocycles. The van der Waals surface area contributed by atoms with Gasteiger partial charge in [0, 0.05) is 21.8 Å². The van der Waals surface area contributed by atoms with E-state index < -0.39 is 0 Å². The normalized spacial score (nSPS) is 14.4. The van der Waals surface area contributed by atoms with Crippen molar-refractivity contribution in [2.45, 2.75) is 39.3 Å². The molecule has 1 nitrogen and oxygen atoms in total. The van der Waals surface area contributed by atoms with Crippen molar-refractivity contribution in [3.8, 4) is 0 Å². The van der Waals surface area contributed by atoms with E-state index in [1.54, 1.807) is 0 Å². The average Bonchev–Trinajstić information content (AvgIpc) is 2.88. The van der Waals surface area contributed by atoms with Gasteiger partial charge in [0.1, 0.15) is 0 Å². The summed E-state index contributed by atoms with van der Waals surface area (Å²) in [4.78, 5) is 2.89. The van der Waals surface area contributed by atoms with Gasteiger partial charge in [-0.1, -0.05) is 37.3 Å². The Balaban J connectivity index is 2.01. The maximum atomic E-state index is 3.66. The zero-order chi connectivity index (χ0) is 13.0. The summed E-state index contributed by atoms with van der Waals surface area (Å²) in [7, 11) is 0. The van der Waals surface area contributed by atoms with Gasteiger partial charge in [-0.05, 0) is 38.0 Å². The molecule has 1 aromatic carbocycles. The van der Waals surface area contributed by atoms with Crippen molar-refractivity contribution in [1.29, 1.82) is 0 Å². The number of aryl methyl sites for hydroxylation is 1. The van der Waals surface area contributed by atoms with Crippen LogP contribution < -0.4 is 5.32 Å². The third-order valence-corrected chi connectivity index (χ3v) is 4.67. The van der Waals surface area contributed by atoms with Gasteiger partial charge < -0.3 is 5.32 Å². The molecule has 1 N–H and O–H groups in total. The predicted octanol–water partition coefficient (Wildman–Crippen LogP) is 4.72. The third-order valence-electron chi connectivity index (χ3n) is 3.26. The highest BCUT2D eigenvalue weighted by atomic mass is 32.1. The largest absolute Gasteiger partial charge is 0.303 e. The lowest BCUT2D eigenvalue weighted by molar-refractivity contribution is 0.500.